The molecule has 106 valence electrons. The first kappa shape index (κ1) is 16.7. The van der Waals surface area contributed by atoms with Crippen LogP contribution in [0.3, 0.4) is 0 Å². The Morgan fingerprint density at radius 2 is 2.05 bits per heavy atom. The van der Waals surface area contributed by atoms with Crippen LogP contribution in [0, 0.1) is 0 Å². The summed E-state index contributed by atoms with van der Waals surface area (Å²) in [6, 6.07) is 5.87. The number of nitrogens with zero attached hydrogens (tertiary/aromatic N) is 1. The van der Waals surface area contributed by atoms with Crippen LogP contribution in [0.4, 0.5) is 0 Å². The van der Waals surface area contributed by atoms with Gasteiger partial charge in [0.2, 0.25) is 0 Å². The van der Waals surface area contributed by atoms with Crippen molar-refractivity contribution < 1.29 is 4.79 Å². The van der Waals surface area contributed by atoms with Crippen LogP contribution >= 0.6 is 27.5 Å². The number of benzene rings is 1. The highest BCUT2D eigenvalue weighted by Gasteiger charge is 2.14. The van der Waals surface area contributed by atoms with Gasteiger partial charge in [-0.05, 0) is 45.0 Å². The van der Waals surface area contributed by atoms with Crippen molar-refractivity contribution in [3.63, 3.8) is 0 Å². The van der Waals surface area contributed by atoms with Crippen molar-refractivity contribution in [1.82, 2.24) is 4.90 Å². The van der Waals surface area contributed by atoms with Gasteiger partial charge < -0.3 is 4.90 Å². The van der Waals surface area contributed by atoms with Crippen molar-refractivity contribution in [3.05, 3.63) is 33.3 Å². The zero-order valence-corrected chi connectivity index (χ0v) is 14.1. The molecule has 0 N–H and O–H groups in total. The van der Waals surface area contributed by atoms with E-state index in [4.69, 9.17) is 11.6 Å². The molecule has 0 spiro atoms. The number of hydrogen-bond donors (Lipinski definition) is 0. The van der Waals surface area contributed by atoms with Crippen LogP contribution in [0.25, 0.3) is 0 Å². The summed E-state index contributed by atoms with van der Waals surface area (Å²) in [5.74, 6) is 0.110. The van der Waals surface area contributed by atoms with E-state index in [2.05, 4.69) is 41.6 Å². The average Bonchev–Trinajstić information content (AvgIpc) is 2.33. The van der Waals surface area contributed by atoms with E-state index in [0.29, 0.717) is 23.0 Å². The monoisotopic (exact) mass is 345 g/mol. The average molecular weight is 347 g/mol. The summed E-state index contributed by atoms with van der Waals surface area (Å²) in [6.45, 7) is 8.29. The predicted octanol–water partition coefficient (Wildman–Crippen LogP) is 4.80. The molecule has 1 aromatic rings. The maximum Gasteiger partial charge on any atom is 0.165 e. The Balaban J connectivity index is 2.64. The lowest BCUT2D eigenvalue weighted by Crippen LogP contribution is -2.33. The summed E-state index contributed by atoms with van der Waals surface area (Å²) < 4.78 is 0.892. The van der Waals surface area contributed by atoms with Gasteiger partial charge in [0.05, 0.1) is 5.02 Å². The van der Waals surface area contributed by atoms with E-state index >= 15 is 0 Å². The first-order valence-corrected chi connectivity index (χ1v) is 7.85. The molecule has 0 radical (unpaired) electrons. The molecule has 0 saturated carbocycles. The zero-order chi connectivity index (χ0) is 14.4. The van der Waals surface area contributed by atoms with Gasteiger partial charge in [0.1, 0.15) is 0 Å². The van der Waals surface area contributed by atoms with Crippen LogP contribution in [0.2, 0.25) is 5.02 Å². The number of ketones is 1. The van der Waals surface area contributed by atoms with E-state index in [-0.39, 0.29) is 5.78 Å². The Kier molecular flexibility index (Phi) is 7.05. The highest BCUT2D eigenvalue weighted by Crippen LogP contribution is 2.22. The largest absolute Gasteiger partial charge is 0.300 e. The van der Waals surface area contributed by atoms with Crippen molar-refractivity contribution in [3.8, 4) is 0 Å². The van der Waals surface area contributed by atoms with Gasteiger partial charge in [-0.25, -0.2) is 0 Å². The van der Waals surface area contributed by atoms with E-state index in [0.717, 1.165) is 24.0 Å². The molecule has 4 heteroatoms. The van der Waals surface area contributed by atoms with Crippen LogP contribution in [-0.4, -0.2) is 29.8 Å². The Morgan fingerprint density at radius 1 is 1.37 bits per heavy atom. The zero-order valence-electron chi connectivity index (χ0n) is 11.7. The van der Waals surface area contributed by atoms with Gasteiger partial charge in [-0.1, -0.05) is 34.5 Å². The Bertz CT molecular complexity index is 434. The topological polar surface area (TPSA) is 20.3 Å². The predicted molar refractivity (Wildman–Crippen MR) is 85.1 cm³/mol. The highest BCUT2D eigenvalue weighted by molar-refractivity contribution is 9.10. The van der Waals surface area contributed by atoms with Crippen molar-refractivity contribution in [2.45, 2.75) is 39.7 Å². The van der Waals surface area contributed by atoms with E-state index < -0.39 is 0 Å². The molecule has 19 heavy (non-hydrogen) atoms. The maximum atomic E-state index is 12.2. The SMILES string of the molecule is CCCN(CCC(=O)c1ccc(Br)cc1Cl)C(C)C. The van der Waals surface area contributed by atoms with Crippen molar-refractivity contribution >= 4 is 33.3 Å². The summed E-state index contributed by atoms with van der Waals surface area (Å²) in [6.07, 6.45) is 1.62. The molecular weight excluding hydrogens is 326 g/mol. The number of rotatable bonds is 7. The number of carbonyl (C=O) groups is 1. The number of halogens is 2. The molecule has 0 unspecified atom stereocenters. The van der Waals surface area contributed by atoms with Gasteiger partial charge >= 0.3 is 0 Å². The fourth-order valence-corrected chi connectivity index (χ4v) is 2.79. The van der Waals surface area contributed by atoms with E-state index in [1.54, 1.807) is 12.1 Å². The van der Waals surface area contributed by atoms with Crippen molar-refractivity contribution in [2.75, 3.05) is 13.1 Å². The minimum absolute atomic E-state index is 0.110. The fourth-order valence-electron chi connectivity index (χ4n) is 2.01. The third kappa shape index (κ3) is 5.25. The highest BCUT2D eigenvalue weighted by atomic mass is 79.9. The second-order valence-electron chi connectivity index (χ2n) is 4.93. The first-order chi connectivity index (χ1) is 8.95. The quantitative estimate of drug-likeness (QED) is 0.661. The van der Waals surface area contributed by atoms with Crippen LogP contribution in [-0.2, 0) is 0 Å². The molecule has 1 rings (SSSR count). The van der Waals surface area contributed by atoms with Gasteiger partial charge in [0.15, 0.2) is 5.78 Å². The molecule has 0 fully saturated rings. The van der Waals surface area contributed by atoms with Crippen LogP contribution < -0.4 is 0 Å². The van der Waals surface area contributed by atoms with Gasteiger partial charge in [0, 0.05) is 29.0 Å². The minimum atomic E-state index is 0.110. The molecule has 0 bridgehead atoms. The molecule has 1 aromatic carbocycles. The van der Waals surface area contributed by atoms with Gasteiger partial charge in [-0.15, -0.1) is 0 Å². The summed E-state index contributed by atoms with van der Waals surface area (Å²) in [5, 5.41) is 0.519. The van der Waals surface area contributed by atoms with E-state index in [1.807, 2.05) is 6.07 Å². The van der Waals surface area contributed by atoms with E-state index in [1.165, 1.54) is 0 Å². The Morgan fingerprint density at radius 3 is 2.58 bits per heavy atom. The maximum absolute atomic E-state index is 12.2. The Hall–Kier alpha value is -0.380. The molecule has 0 aliphatic rings. The number of Topliss-reactive ketones (excluding diaryl/α,β-unsaturated/α-hetero) is 1. The molecule has 0 aromatic heterocycles. The standard InChI is InChI=1S/C15H21BrClNO/c1-4-8-18(11(2)3)9-7-15(19)13-6-5-12(16)10-14(13)17/h5-6,10-11H,4,7-9H2,1-3H3. The molecular formula is C15H21BrClNO. The molecule has 0 atom stereocenters. The van der Waals surface area contributed by atoms with Crippen LogP contribution in [0.5, 0.6) is 0 Å². The second-order valence-corrected chi connectivity index (χ2v) is 6.25. The lowest BCUT2D eigenvalue weighted by atomic mass is 10.1. The van der Waals surface area contributed by atoms with Crippen molar-refractivity contribution in [1.29, 1.82) is 0 Å². The lowest BCUT2D eigenvalue weighted by molar-refractivity contribution is 0.0956. The third-order valence-corrected chi connectivity index (χ3v) is 3.90. The second kappa shape index (κ2) is 8.03. The van der Waals surface area contributed by atoms with Gasteiger partial charge in [-0.2, -0.15) is 0 Å². The number of carbonyl (C=O) groups excluding carboxylic acids is 1. The van der Waals surface area contributed by atoms with Crippen LogP contribution in [0.15, 0.2) is 22.7 Å². The lowest BCUT2D eigenvalue weighted by Gasteiger charge is -2.25. The van der Waals surface area contributed by atoms with E-state index in [9.17, 15) is 4.79 Å². The molecule has 0 heterocycles. The van der Waals surface area contributed by atoms with Gasteiger partial charge in [0.25, 0.3) is 0 Å². The minimum Gasteiger partial charge on any atom is -0.300 e. The first-order valence-electron chi connectivity index (χ1n) is 6.68. The molecule has 2 nitrogen and oxygen atoms in total. The Labute approximate surface area is 129 Å². The molecule has 0 saturated heterocycles. The number of hydrogen-bond acceptors (Lipinski definition) is 2. The van der Waals surface area contributed by atoms with Crippen LogP contribution in [0.1, 0.15) is 44.0 Å². The summed E-state index contributed by atoms with van der Waals surface area (Å²) >= 11 is 9.44. The van der Waals surface area contributed by atoms with Crippen molar-refractivity contribution in [2.24, 2.45) is 0 Å². The normalized spacial score (nSPS) is 11.3. The summed E-state index contributed by atoms with van der Waals surface area (Å²) in [5.41, 5.74) is 0.616. The van der Waals surface area contributed by atoms with Gasteiger partial charge in [-0.3, -0.25) is 4.79 Å². The molecule has 0 amide bonds. The summed E-state index contributed by atoms with van der Waals surface area (Å²) in [4.78, 5) is 14.5. The summed E-state index contributed by atoms with van der Waals surface area (Å²) in [7, 11) is 0. The molecule has 0 aliphatic carbocycles. The fraction of sp³-hybridized carbons (Fsp3) is 0.533. The molecule has 0 aliphatic heterocycles. The smallest absolute Gasteiger partial charge is 0.165 e. The third-order valence-electron chi connectivity index (χ3n) is 3.10.